The number of anilines is 1. The van der Waals surface area contributed by atoms with Gasteiger partial charge >= 0.3 is 0 Å². The number of benzene rings is 2. The number of sulfonamides is 1. The van der Waals surface area contributed by atoms with Crippen molar-refractivity contribution in [2.45, 2.75) is 39.8 Å². The average Bonchev–Trinajstić information content (AvgIpc) is 3.32. The highest BCUT2D eigenvalue weighted by molar-refractivity contribution is 7.92. The number of fused-ring (bicyclic) bond motifs is 1. The number of hydrogen-bond acceptors (Lipinski definition) is 6. The Labute approximate surface area is 211 Å². The lowest BCUT2D eigenvalue weighted by molar-refractivity contribution is -0.139. The lowest BCUT2D eigenvalue weighted by atomic mass is 10.1. The lowest BCUT2D eigenvalue weighted by Crippen LogP contribution is -2.51. The molecule has 1 N–H and O–H groups in total. The van der Waals surface area contributed by atoms with Gasteiger partial charge in [-0.1, -0.05) is 30.7 Å². The number of ether oxygens (including phenoxy) is 2. The van der Waals surface area contributed by atoms with Crippen LogP contribution in [0.4, 0.5) is 5.69 Å². The fourth-order valence-electron chi connectivity index (χ4n) is 3.53. The van der Waals surface area contributed by atoms with Crippen LogP contribution in [0.3, 0.4) is 0 Å². The molecule has 1 atom stereocenters. The van der Waals surface area contributed by atoms with E-state index in [-0.39, 0.29) is 30.7 Å². The molecular weight excluding hydrogens is 494 g/mol. The molecule has 35 heavy (non-hydrogen) atoms. The van der Waals surface area contributed by atoms with Crippen molar-refractivity contribution in [3.63, 3.8) is 0 Å². The quantitative estimate of drug-likeness (QED) is 0.485. The van der Waals surface area contributed by atoms with Gasteiger partial charge in [0.1, 0.15) is 12.6 Å². The second kappa shape index (κ2) is 11.6. The molecule has 3 rings (SSSR count). The Kier molecular flexibility index (Phi) is 8.85. The average molecular weight is 524 g/mol. The molecule has 0 aliphatic carbocycles. The van der Waals surface area contributed by atoms with E-state index in [1.165, 1.54) is 17.9 Å². The first kappa shape index (κ1) is 26.6. The molecule has 190 valence electrons. The standard InChI is InChI=1S/C24H30ClN3O6S/c1-4-12-26-24(30)17(3)27(14-18-6-8-19(25)9-7-18)23(29)15-28(35(31,32)5-2)20-10-11-21-22(13-20)34-16-33-21/h6-11,13,17H,4-5,12,14-16H2,1-3H3,(H,26,30). The highest BCUT2D eigenvalue weighted by Gasteiger charge is 2.31. The zero-order valence-electron chi connectivity index (χ0n) is 20.0. The number of amides is 2. The second-order valence-corrected chi connectivity index (χ2v) is 10.7. The van der Waals surface area contributed by atoms with Gasteiger partial charge in [-0.05, 0) is 50.1 Å². The monoisotopic (exact) mass is 523 g/mol. The van der Waals surface area contributed by atoms with Gasteiger partial charge in [0.2, 0.25) is 28.6 Å². The third kappa shape index (κ3) is 6.58. The summed E-state index contributed by atoms with van der Waals surface area (Å²) < 4.78 is 37.7. The van der Waals surface area contributed by atoms with E-state index < -0.39 is 28.5 Å². The molecule has 0 saturated carbocycles. The highest BCUT2D eigenvalue weighted by Crippen LogP contribution is 2.36. The fourth-order valence-corrected chi connectivity index (χ4v) is 4.70. The Morgan fingerprint density at radius 3 is 2.43 bits per heavy atom. The Hall–Kier alpha value is -2.98. The normalized spacial score (nSPS) is 13.3. The number of carbonyl (C=O) groups excluding carboxylic acids is 2. The molecule has 9 nitrogen and oxygen atoms in total. The van der Waals surface area contributed by atoms with E-state index in [9.17, 15) is 18.0 Å². The molecule has 1 aliphatic rings. The van der Waals surface area contributed by atoms with E-state index in [0.29, 0.717) is 23.1 Å². The summed E-state index contributed by atoms with van der Waals surface area (Å²) in [6.07, 6.45) is 0.746. The molecule has 0 spiro atoms. The van der Waals surface area contributed by atoms with Gasteiger partial charge in [-0.2, -0.15) is 0 Å². The van der Waals surface area contributed by atoms with Crippen LogP contribution in [0.5, 0.6) is 11.5 Å². The Morgan fingerprint density at radius 2 is 1.77 bits per heavy atom. The number of nitrogens with one attached hydrogen (secondary N) is 1. The van der Waals surface area contributed by atoms with Gasteiger partial charge in [0.05, 0.1) is 11.4 Å². The molecule has 2 amide bonds. The molecule has 1 unspecified atom stereocenters. The molecule has 1 heterocycles. The van der Waals surface area contributed by atoms with E-state index in [1.54, 1.807) is 43.3 Å². The van der Waals surface area contributed by atoms with Crippen molar-refractivity contribution in [2.75, 3.05) is 29.9 Å². The topological polar surface area (TPSA) is 105 Å². The van der Waals surface area contributed by atoms with Crippen molar-refractivity contribution in [3.8, 4) is 11.5 Å². The van der Waals surface area contributed by atoms with Crippen LogP contribution in [0.25, 0.3) is 0 Å². The molecule has 2 aromatic carbocycles. The van der Waals surface area contributed by atoms with E-state index in [2.05, 4.69) is 5.32 Å². The third-order valence-corrected chi connectivity index (χ3v) is 7.60. The summed E-state index contributed by atoms with van der Waals surface area (Å²) in [5.41, 5.74) is 1.03. The summed E-state index contributed by atoms with van der Waals surface area (Å²) in [4.78, 5) is 27.7. The number of carbonyl (C=O) groups is 2. The number of hydrogen-bond donors (Lipinski definition) is 1. The fraction of sp³-hybridized carbons (Fsp3) is 0.417. The number of rotatable bonds is 11. The summed E-state index contributed by atoms with van der Waals surface area (Å²) in [5, 5.41) is 3.35. The lowest BCUT2D eigenvalue weighted by Gasteiger charge is -2.32. The van der Waals surface area contributed by atoms with Gasteiger partial charge in [0.15, 0.2) is 11.5 Å². The van der Waals surface area contributed by atoms with Crippen LogP contribution in [0.15, 0.2) is 42.5 Å². The third-order valence-electron chi connectivity index (χ3n) is 5.61. The van der Waals surface area contributed by atoms with E-state index >= 15 is 0 Å². The molecule has 11 heteroatoms. The first-order valence-corrected chi connectivity index (χ1v) is 13.4. The minimum atomic E-state index is -3.83. The van der Waals surface area contributed by atoms with Crippen molar-refractivity contribution in [1.29, 1.82) is 0 Å². The second-order valence-electron chi connectivity index (χ2n) is 8.06. The van der Waals surface area contributed by atoms with Crippen LogP contribution in [0.1, 0.15) is 32.8 Å². The molecule has 0 bridgehead atoms. The van der Waals surface area contributed by atoms with E-state index in [0.717, 1.165) is 16.3 Å². The van der Waals surface area contributed by atoms with Gasteiger partial charge < -0.3 is 19.7 Å². The van der Waals surface area contributed by atoms with Gasteiger partial charge in [-0.25, -0.2) is 8.42 Å². The van der Waals surface area contributed by atoms with Crippen LogP contribution < -0.4 is 19.1 Å². The predicted molar refractivity (Wildman–Crippen MR) is 134 cm³/mol. The van der Waals surface area contributed by atoms with Crippen molar-refractivity contribution < 1.29 is 27.5 Å². The summed E-state index contributed by atoms with van der Waals surface area (Å²) in [7, 11) is -3.83. The van der Waals surface area contributed by atoms with Crippen LogP contribution in [-0.4, -0.2) is 56.8 Å². The maximum Gasteiger partial charge on any atom is 0.244 e. The van der Waals surface area contributed by atoms with Crippen LogP contribution in [0, 0.1) is 0 Å². The van der Waals surface area contributed by atoms with E-state index in [4.69, 9.17) is 21.1 Å². The van der Waals surface area contributed by atoms with Crippen molar-refractivity contribution >= 4 is 39.1 Å². The van der Waals surface area contributed by atoms with Gasteiger partial charge in [0.25, 0.3) is 0 Å². The Balaban J connectivity index is 1.92. The van der Waals surface area contributed by atoms with Crippen molar-refractivity contribution in [2.24, 2.45) is 0 Å². The molecule has 0 saturated heterocycles. The largest absolute Gasteiger partial charge is 0.454 e. The highest BCUT2D eigenvalue weighted by atomic mass is 35.5. The van der Waals surface area contributed by atoms with Crippen LogP contribution >= 0.6 is 11.6 Å². The maximum absolute atomic E-state index is 13.6. The summed E-state index contributed by atoms with van der Waals surface area (Å²) in [5.74, 6) is -0.148. The number of nitrogens with zero attached hydrogens (tertiary/aromatic N) is 2. The minimum absolute atomic E-state index is 0.0392. The smallest absolute Gasteiger partial charge is 0.244 e. The van der Waals surface area contributed by atoms with Crippen molar-refractivity contribution in [1.82, 2.24) is 10.2 Å². The summed E-state index contributed by atoms with van der Waals surface area (Å²) in [6.45, 7) is 5.20. The molecule has 0 aromatic heterocycles. The van der Waals surface area contributed by atoms with Gasteiger partial charge in [0, 0.05) is 24.2 Å². The van der Waals surface area contributed by atoms with Gasteiger partial charge in [-0.3, -0.25) is 13.9 Å². The molecule has 0 radical (unpaired) electrons. The van der Waals surface area contributed by atoms with Crippen molar-refractivity contribution in [3.05, 3.63) is 53.1 Å². The van der Waals surface area contributed by atoms with Crippen LogP contribution in [0.2, 0.25) is 5.02 Å². The molecular formula is C24H30ClN3O6S. The Bertz CT molecular complexity index is 1160. The maximum atomic E-state index is 13.6. The molecule has 2 aromatic rings. The molecule has 0 fully saturated rings. The summed E-state index contributed by atoms with van der Waals surface area (Å²) in [6, 6.07) is 10.8. The SMILES string of the molecule is CCCNC(=O)C(C)N(Cc1ccc(Cl)cc1)C(=O)CN(c1ccc2c(c1)OCO2)S(=O)(=O)CC. The van der Waals surface area contributed by atoms with Gasteiger partial charge in [-0.15, -0.1) is 0 Å². The van der Waals surface area contributed by atoms with Crippen LogP contribution in [-0.2, 0) is 26.2 Å². The van der Waals surface area contributed by atoms with E-state index in [1.807, 2.05) is 6.92 Å². The molecule has 1 aliphatic heterocycles. The zero-order valence-corrected chi connectivity index (χ0v) is 21.6. The first-order chi connectivity index (χ1) is 16.7. The first-order valence-electron chi connectivity index (χ1n) is 11.4. The minimum Gasteiger partial charge on any atom is -0.454 e. The predicted octanol–water partition coefficient (Wildman–Crippen LogP) is 3.17. The Morgan fingerprint density at radius 1 is 1.09 bits per heavy atom. The summed E-state index contributed by atoms with van der Waals surface area (Å²) >= 11 is 5.99. The zero-order chi connectivity index (χ0) is 25.6. The number of halogens is 1.